The van der Waals surface area contributed by atoms with E-state index in [1.165, 1.54) is 0 Å². The Morgan fingerprint density at radius 3 is 2.33 bits per heavy atom. The van der Waals surface area contributed by atoms with Crippen LogP contribution in [0.15, 0.2) is 0 Å². The molecule has 0 aromatic rings. The molecule has 0 aromatic carbocycles. The van der Waals surface area contributed by atoms with E-state index < -0.39 is 11.9 Å². The maximum absolute atomic E-state index is 12.0. The summed E-state index contributed by atoms with van der Waals surface area (Å²) in [4.78, 5) is 24.4. The van der Waals surface area contributed by atoms with Gasteiger partial charge in [-0.3, -0.25) is 9.59 Å². The fourth-order valence-corrected chi connectivity index (χ4v) is 1.57. The molecule has 0 aliphatic rings. The lowest BCUT2D eigenvalue weighted by Gasteiger charge is -2.26. The van der Waals surface area contributed by atoms with Crippen LogP contribution < -0.4 is 0 Å². The number of aliphatic carboxylic acids is 1. The summed E-state index contributed by atoms with van der Waals surface area (Å²) in [7, 11) is 0. The lowest BCUT2D eigenvalue weighted by atomic mass is 10.1. The number of carbonyl (C=O) groups excluding carboxylic acids is 1. The molecule has 0 aromatic heterocycles. The van der Waals surface area contributed by atoms with Crippen molar-refractivity contribution in [2.75, 3.05) is 26.3 Å². The highest BCUT2D eigenvalue weighted by Crippen LogP contribution is 2.07. The van der Waals surface area contributed by atoms with Gasteiger partial charge >= 0.3 is 5.97 Å². The van der Waals surface area contributed by atoms with E-state index in [0.29, 0.717) is 19.8 Å². The van der Waals surface area contributed by atoms with E-state index >= 15 is 0 Å². The Morgan fingerprint density at radius 1 is 1.28 bits per heavy atom. The van der Waals surface area contributed by atoms with Crippen LogP contribution in [-0.2, 0) is 14.3 Å². The van der Waals surface area contributed by atoms with Crippen molar-refractivity contribution in [1.82, 2.24) is 4.90 Å². The van der Waals surface area contributed by atoms with Crippen LogP contribution in [0.1, 0.15) is 34.1 Å². The van der Waals surface area contributed by atoms with Gasteiger partial charge in [0.05, 0.1) is 5.92 Å². The first-order valence-electron chi connectivity index (χ1n) is 6.49. The SMILES string of the molecule is CCOCCCN(CC(C)C(=O)O)C(=O)C(C)C. The third-order valence-corrected chi connectivity index (χ3v) is 2.64. The molecule has 0 bridgehead atoms. The van der Waals surface area contributed by atoms with E-state index in [9.17, 15) is 9.59 Å². The number of hydrogen-bond donors (Lipinski definition) is 1. The van der Waals surface area contributed by atoms with Crippen LogP contribution >= 0.6 is 0 Å². The number of hydrogen-bond acceptors (Lipinski definition) is 3. The zero-order valence-corrected chi connectivity index (χ0v) is 11.8. The van der Waals surface area contributed by atoms with Crippen LogP contribution in [0.4, 0.5) is 0 Å². The number of carbonyl (C=O) groups is 2. The Hall–Kier alpha value is -1.10. The van der Waals surface area contributed by atoms with Crippen LogP contribution in [0.25, 0.3) is 0 Å². The summed E-state index contributed by atoms with van der Waals surface area (Å²) < 4.78 is 5.22. The molecule has 0 heterocycles. The zero-order valence-electron chi connectivity index (χ0n) is 11.8. The van der Waals surface area contributed by atoms with Gasteiger partial charge in [-0.25, -0.2) is 0 Å². The van der Waals surface area contributed by atoms with Crippen molar-refractivity contribution in [3.63, 3.8) is 0 Å². The summed E-state index contributed by atoms with van der Waals surface area (Å²) in [6.07, 6.45) is 0.735. The van der Waals surface area contributed by atoms with Gasteiger partial charge in [-0.15, -0.1) is 0 Å². The minimum atomic E-state index is -0.874. The quantitative estimate of drug-likeness (QED) is 0.639. The molecule has 0 aliphatic carbocycles. The fourth-order valence-electron chi connectivity index (χ4n) is 1.57. The molecule has 18 heavy (non-hydrogen) atoms. The van der Waals surface area contributed by atoms with Crippen LogP contribution in [0.5, 0.6) is 0 Å². The summed E-state index contributed by atoms with van der Waals surface area (Å²) in [6, 6.07) is 0. The number of carboxylic acid groups (broad SMARTS) is 1. The Bertz CT molecular complexity index is 266. The maximum atomic E-state index is 12.0. The molecule has 0 radical (unpaired) electrons. The first-order valence-corrected chi connectivity index (χ1v) is 6.49. The molecule has 0 saturated heterocycles. The zero-order chi connectivity index (χ0) is 14.1. The summed E-state index contributed by atoms with van der Waals surface area (Å²) >= 11 is 0. The number of nitrogens with zero attached hydrogens (tertiary/aromatic N) is 1. The molecule has 0 spiro atoms. The van der Waals surface area contributed by atoms with E-state index in [4.69, 9.17) is 9.84 Å². The summed E-state index contributed by atoms with van der Waals surface area (Å²) in [6.45, 7) is 9.25. The number of amides is 1. The molecule has 0 aliphatic heterocycles. The molecule has 0 fully saturated rings. The number of ether oxygens (including phenoxy) is 1. The highest BCUT2D eigenvalue weighted by Gasteiger charge is 2.21. The third kappa shape index (κ3) is 6.59. The van der Waals surface area contributed by atoms with E-state index in [2.05, 4.69) is 0 Å². The van der Waals surface area contributed by atoms with Gasteiger partial charge in [0, 0.05) is 32.2 Å². The fraction of sp³-hybridized carbons (Fsp3) is 0.846. The van der Waals surface area contributed by atoms with Crippen molar-refractivity contribution in [1.29, 1.82) is 0 Å². The highest BCUT2D eigenvalue weighted by atomic mass is 16.5. The minimum absolute atomic E-state index is 0.000372. The second-order valence-electron chi connectivity index (χ2n) is 4.73. The lowest BCUT2D eigenvalue weighted by molar-refractivity contribution is -0.143. The van der Waals surface area contributed by atoms with E-state index in [1.54, 1.807) is 11.8 Å². The molecule has 1 amide bonds. The first-order chi connectivity index (χ1) is 8.40. The van der Waals surface area contributed by atoms with Gasteiger partial charge in [0.1, 0.15) is 0 Å². The van der Waals surface area contributed by atoms with Crippen molar-refractivity contribution < 1.29 is 19.4 Å². The monoisotopic (exact) mass is 259 g/mol. The second kappa shape index (κ2) is 8.91. The lowest BCUT2D eigenvalue weighted by Crippen LogP contribution is -2.40. The molecule has 0 rings (SSSR count). The second-order valence-corrected chi connectivity index (χ2v) is 4.73. The van der Waals surface area contributed by atoms with Crippen LogP contribution in [0, 0.1) is 11.8 Å². The molecule has 106 valence electrons. The van der Waals surface area contributed by atoms with Gasteiger partial charge < -0.3 is 14.7 Å². The molecular formula is C13H25NO4. The Labute approximate surface area is 109 Å². The first kappa shape index (κ1) is 16.9. The van der Waals surface area contributed by atoms with Gasteiger partial charge in [0.2, 0.25) is 5.91 Å². The summed E-state index contributed by atoms with van der Waals surface area (Å²) in [5.74, 6) is -1.53. The third-order valence-electron chi connectivity index (χ3n) is 2.64. The molecule has 1 N–H and O–H groups in total. The van der Waals surface area contributed by atoms with E-state index in [1.807, 2.05) is 20.8 Å². The summed E-state index contributed by atoms with van der Waals surface area (Å²) in [5.41, 5.74) is 0. The Balaban J connectivity index is 4.34. The average Bonchev–Trinajstić information content (AvgIpc) is 2.31. The maximum Gasteiger partial charge on any atom is 0.308 e. The van der Waals surface area contributed by atoms with Crippen molar-refractivity contribution >= 4 is 11.9 Å². The minimum Gasteiger partial charge on any atom is -0.481 e. The van der Waals surface area contributed by atoms with E-state index in [-0.39, 0.29) is 18.4 Å². The van der Waals surface area contributed by atoms with Crippen molar-refractivity contribution in [2.45, 2.75) is 34.1 Å². The molecule has 5 heteroatoms. The predicted molar refractivity (Wildman–Crippen MR) is 69.3 cm³/mol. The number of carboxylic acids is 1. The molecule has 1 unspecified atom stereocenters. The van der Waals surface area contributed by atoms with E-state index in [0.717, 1.165) is 6.42 Å². The predicted octanol–water partition coefficient (Wildman–Crippen LogP) is 1.62. The summed E-state index contributed by atoms with van der Waals surface area (Å²) in [5, 5.41) is 8.90. The van der Waals surface area contributed by atoms with Gasteiger partial charge in [0.15, 0.2) is 0 Å². The topological polar surface area (TPSA) is 66.8 Å². The molecule has 1 atom stereocenters. The van der Waals surface area contributed by atoms with Gasteiger partial charge in [0.25, 0.3) is 0 Å². The Morgan fingerprint density at radius 2 is 1.89 bits per heavy atom. The van der Waals surface area contributed by atoms with Crippen molar-refractivity contribution in [3.05, 3.63) is 0 Å². The normalized spacial score (nSPS) is 12.5. The van der Waals surface area contributed by atoms with Gasteiger partial charge in [-0.05, 0) is 13.3 Å². The van der Waals surface area contributed by atoms with Crippen LogP contribution in [0.2, 0.25) is 0 Å². The van der Waals surface area contributed by atoms with Crippen LogP contribution in [-0.4, -0.2) is 48.2 Å². The molecule has 0 saturated carbocycles. The van der Waals surface area contributed by atoms with Crippen molar-refractivity contribution in [2.24, 2.45) is 11.8 Å². The largest absolute Gasteiger partial charge is 0.481 e. The average molecular weight is 259 g/mol. The van der Waals surface area contributed by atoms with Crippen LogP contribution in [0.3, 0.4) is 0 Å². The van der Waals surface area contributed by atoms with Gasteiger partial charge in [-0.2, -0.15) is 0 Å². The molecular weight excluding hydrogens is 234 g/mol. The van der Waals surface area contributed by atoms with Gasteiger partial charge in [-0.1, -0.05) is 20.8 Å². The Kier molecular flexibility index (Phi) is 8.37. The smallest absolute Gasteiger partial charge is 0.308 e. The van der Waals surface area contributed by atoms with Crippen molar-refractivity contribution in [3.8, 4) is 0 Å². The standard InChI is InChI=1S/C13H25NO4/c1-5-18-8-6-7-14(12(15)10(2)3)9-11(4)13(16)17/h10-11H,5-9H2,1-4H3,(H,16,17). The highest BCUT2D eigenvalue weighted by molar-refractivity contribution is 5.79. The number of rotatable bonds is 9. The molecule has 5 nitrogen and oxygen atoms in total.